The van der Waals surface area contributed by atoms with Crippen LogP contribution < -0.4 is 5.32 Å². The lowest BCUT2D eigenvalue weighted by Gasteiger charge is -2.17. The summed E-state index contributed by atoms with van der Waals surface area (Å²) in [4.78, 5) is 13.1. The van der Waals surface area contributed by atoms with Gasteiger partial charge in [-0.15, -0.1) is 0 Å². The molecule has 2 amide bonds. The molecule has 0 saturated heterocycles. The average molecular weight is 334 g/mol. The number of anilines is 1. The molecule has 16 heavy (non-hydrogen) atoms. The maximum Gasteiger partial charge on any atom is 0.321 e. The van der Waals surface area contributed by atoms with E-state index in [2.05, 4.69) is 27.9 Å². The van der Waals surface area contributed by atoms with Crippen molar-refractivity contribution < 1.29 is 9.90 Å². The van der Waals surface area contributed by atoms with Crippen LogP contribution in [0.15, 0.2) is 18.2 Å². The fourth-order valence-electron chi connectivity index (χ4n) is 1.21. The van der Waals surface area contributed by atoms with Gasteiger partial charge in [-0.25, -0.2) is 4.79 Å². The maximum absolute atomic E-state index is 11.7. The Kier molecular flexibility index (Phi) is 5.01. The van der Waals surface area contributed by atoms with E-state index in [1.165, 1.54) is 4.90 Å². The Morgan fingerprint density at radius 1 is 1.56 bits per heavy atom. The van der Waals surface area contributed by atoms with E-state index in [-0.39, 0.29) is 12.6 Å². The Bertz CT molecular complexity index is 382. The molecule has 2 N–H and O–H groups in total. The lowest BCUT2D eigenvalue weighted by Crippen LogP contribution is -2.33. The van der Waals surface area contributed by atoms with Crippen molar-refractivity contribution in [2.45, 2.75) is 6.92 Å². The normalized spacial score (nSPS) is 10.0. The van der Waals surface area contributed by atoms with Gasteiger partial charge < -0.3 is 15.3 Å². The van der Waals surface area contributed by atoms with Crippen molar-refractivity contribution in [1.82, 2.24) is 4.90 Å². The Morgan fingerprint density at radius 2 is 2.25 bits per heavy atom. The number of hydrogen-bond donors (Lipinski definition) is 2. The molecule has 0 aliphatic carbocycles. The highest BCUT2D eigenvalue weighted by Crippen LogP contribution is 2.20. The summed E-state index contributed by atoms with van der Waals surface area (Å²) >= 11 is 2.23. The molecule has 1 rings (SSSR count). The lowest BCUT2D eigenvalue weighted by atomic mass is 10.2. The number of halogens is 1. The van der Waals surface area contributed by atoms with Crippen LogP contribution in [0.2, 0.25) is 0 Å². The van der Waals surface area contributed by atoms with Gasteiger partial charge in [-0.1, -0.05) is 6.07 Å². The molecule has 0 aromatic heterocycles. The van der Waals surface area contributed by atoms with Crippen molar-refractivity contribution in [1.29, 1.82) is 0 Å². The van der Waals surface area contributed by atoms with Crippen LogP contribution in [-0.4, -0.2) is 36.2 Å². The fraction of sp³-hybridized carbons (Fsp3) is 0.364. The predicted molar refractivity (Wildman–Crippen MR) is 72.6 cm³/mol. The van der Waals surface area contributed by atoms with Crippen LogP contribution in [0, 0.1) is 10.5 Å². The van der Waals surface area contributed by atoms with Crippen LogP contribution in [0.25, 0.3) is 0 Å². The summed E-state index contributed by atoms with van der Waals surface area (Å²) in [5.41, 5.74) is 1.86. The summed E-state index contributed by atoms with van der Waals surface area (Å²) in [6.45, 7) is 2.26. The van der Waals surface area contributed by atoms with E-state index >= 15 is 0 Å². The van der Waals surface area contributed by atoms with Gasteiger partial charge in [0.1, 0.15) is 0 Å². The third-order valence-electron chi connectivity index (χ3n) is 2.29. The van der Waals surface area contributed by atoms with Gasteiger partial charge in [0, 0.05) is 22.8 Å². The van der Waals surface area contributed by atoms with E-state index < -0.39 is 0 Å². The molecule has 1 aromatic carbocycles. The minimum Gasteiger partial charge on any atom is -0.395 e. The van der Waals surface area contributed by atoms with Crippen molar-refractivity contribution >= 4 is 34.3 Å². The lowest BCUT2D eigenvalue weighted by molar-refractivity contribution is 0.202. The number of benzene rings is 1. The molecule has 1 aromatic rings. The molecule has 0 fully saturated rings. The molecule has 0 bridgehead atoms. The molecule has 4 nitrogen and oxygen atoms in total. The number of carbonyl (C=O) groups is 1. The molecule has 0 heterocycles. The minimum atomic E-state index is -0.209. The number of amides is 2. The molecule has 0 unspecified atom stereocenters. The van der Waals surface area contributed by atoms with Gasteiger partial charge in [0.05, 0.1) is 6.61 Å². The molecule has 0 radical (unpaired) electrons. The van der Waals surface area contributed by atoms with Gasteiger partial charge in [0.25, 0.3) is 0 Å². The van der Waals surface area contributed by atoms with Crippen LogP contribution in [0.5, 0.6) is 0 Å². The Morgan fingerprint density at radius 3 is 2.88 bits per heavy atom. The van der Waals surface area contributed by atoms with Gasteiger partial charge in [0.2, 0.25) is 0 Å². The first-order valence-corrected chi connectivity index (χ1v) is 6.02. The number of nitrogens with one attached hydrogen (secondary N) is 1. The third kappa shape index (κ3) is 3.34. The highest BCUT2D eigenvalue weighted by Gasteiger charge is 2.09. The van der Waals surface area contributed by atoms with Crippen LogP contribution >= 0.6 is 22.6 Å². The number of aliphatic hydroxyl groups is 1. The van der Waals surface area contributed by atoms with Gasteiger partial charge in [-0.05, 0) is 47.2 Å². The Balaban J connectivity index is 2.73. The summed E-state index contributed by atoms with van der Waals surface area (Å²) in [6.07, 6.45) is 0. The summed E-state index contributed by atoms with van der Waals surface area (Å²) in [5.74, 6) is 0. The van der Waals surface area contributed by atoms with E-state index in [0.717, 1.165) is 14.8 Å². The first-order valence-electron chi connectivity index (χ1n) is 4.94. The standard InChI is InChI=1S/C11H15IN2O2/c1-8-9(12)4-3-5-10(8)13-11(16)14(2)6-7-15/h3-5,15H,6-7H2,1-2H3,(H,13,16). The second kappa shape index (κ2) is 6.05. The number of hydrogen-bond acceptors (Lipinski definition) is 2. The number of nitrogens with zero attached hydrogens (tertiary/aromatic N) is 1. The molecule has 0 atom stereocenters. The van der Waals surface area contributed by atoms with Gasteiger partial charge in [-0.3, -0.25) is 0 Å². The Hall–Kier alpha value is -0.820. The first-order chi connectivity index (χ1) is 7.56. The largest absolute Gasteiger partial charge is 0.395 e. The number of urea groups is 1. The van der Waals surface area contributed by atoms with Crippen LogP contribution in [0.1, 0.15) is 5.56 Å². The smallest absolute Gasteiger partial charge is 0.321 e. The van der Waals surface area contributed by atoms with E-state index in [1.807, 2.05) is 25.1 Å². The summed E-state index contributed by atoms with van der Waals surface area (Å²) < 4.78 is 1.11. The van der Waals surface area contributed by atoms with Crippen molar-refractivity contribution in [3.63, 3.8) is 0 Å². The van der Waals surface area contributed by atoms with E-state index in [9.17, 15) is 4.79 Å². The molecular weight excluding hydrogens is 319 g/mol. The van der Waals surface area contributed by atoms with Gasteiger partial charge in [0.15, 0.2) is 0 Å². The molecule has 0 spiro atoms. The number of carbonyl (C=O) groups excluding carboxylic acids is 1. The minimum absolute atomic E-state index is 0.0325. The monoisotopic (exact) mass is 334 g/mol. The summed E-state index contributed by atoms with van der Waals surface area (Å²) in [5, 5.41) is 11.5. The summed E-state index contributed by atoms with van der Waals surface area (Å²) in [6, 6.07) is 5.54. The molecule has 5 heteroatoms. The Labute approximate surface area is 109 Å². The number of aliphatic hydroxyl groups excluding tert-OH is 1. The molecule has 0 saturated carbocycles. The van der Waals surface area contributed by atoms with Crippen molar-refractivity contribution in [3.8, 4) is 0 Å². The van der Waals surface area contributed by atoms with Crippen molar-refractivity contribution in [2.75, 3.05) is 25.5 Å². The molecule has 88 valence electrons. The van der Waals surface area contributed by atoms with Crippen LogP contribution in [0.4, 0.5) is 10.5 Å². The van der Waals surface area contributed by atoms with E-state index in [4.69, 9.17) is 5.11 Å². The molecular formula is C11H15IN2O2. The SMILES string of the molecule is Cc1c(I)cccc1NC(=O)N(C)CCO. The number of likely N-dealkylation sites (N-methyl/N-ethyl adjacent to an activating group) is 1. The highest BCUT2D eigenvalue weighted by atomic mass is 127. The second-order valence-electron chi connectivity index (χ2n) is 3.49. The summed E-state index contributed by atoms with van der Waals surface area (Å²) in [7, 11) is 1.65. The topological polar surface area (TPSA) is 52.6 Å². The van der Waals surface area contributed by atoms with Gasteiger partial charge >= 0.3 is 6.03 Å². The second-order valence-corrected chi connectivity index (χ2v) is 4.65. The van der Waals surface area contributed by atoms with Crippen LogP contribution in [0.3, 0.4) is 0 Å². The van der Waals surface area contributed by atoms with E-state index in [1.54, 1.807) is 7.05 Å². The zero-order valence-corrected chi connectivity index (χ0v) is 11.5. The number of rotatable bonds is 3. The zero-order valence-electron chi connectivity index (χ0n) is 9.33. The maximum atomic E-state index is 11.7. The predicted octanol–water partition coefficient (Wildman–Crippen LogP) is 2.06. The fourth-order valence-corrected chi connectivity index (χ4v) is 1.70. The zero-order chi connectivity index (χ0) is 12.1. The molecule has 0 aliphatic heterocycles. The highest BCUT2D eigenvalue weighted by molar-refractivity contribution is 14.1. The first kappa shape index (κ1) is 13.2. The third-order valence-corrected chi connectivity index (χ3v) is 3.46. The van der Waals surface area contributed by atoms with Crippen molar-refractivity contribution in [3.05, 3.63) is 27.3 Å². The quantitative estimate of drug-likeness (QED) is 0.832. The average Bonchev–Trinajstić information content (AvgIpc) is 2.25. The van der Waals surface area contributed by atoms with Crippen molar-refractivity contribution in [2.24, 2.45) is 0 Å². The molecule has 0 aliphatic rings. The van der Waals surface area contributed by atoms with E-state index in [0.29, 0.717) is 6.54 Å². The van der Waals surface area contributed by atoms with Gasteiger partial charge in [-0.2, -0.15) is 0 Å². The van der Waals surface area contributed by atoms with Crippen LogP contribution in [-0.2, 0) is 0 Å².